The van der Waals surface area contributed by atoms with Crippen molar-refractivity contribution in [3.8, 4) is 0 Å². The molecule has 0 saturated heterocycles. The van der Waals surface area contributed by atoms with E-state index in [0.717, 1.165) is 24.8 Å². The van der Waals surface area contributed by atoms with Gasteiger partial charge < -0.3 is 24.1 Å². The molecule has 0 bridgehead atoms. The maximum Gasteiger partial charge on any atom is 0.280 e. The molecule has 0 radical (unpaired) electrons. The Labute approximate surface area is 165 Å². The van der Waals surface area contributed by atoms with Crippen molar-refractivity contribution in [3.63, 3.8) is 0 Å². The van der Waals surface area contributed by atoms with Crippen LogP contribution in [0.3, 0.4) is 0 Å². The second-order valence-electron chi connectivity index (χ2n) is 6.28. The predicted molar refractivity (Wildman–Crippen MR) is 98.6 cm³/mol. The average molecular weight is 459 g/mol. The largest absolute Gasteiger partial charge is 0.756 e. The lowest BCUT2D eigenvalue weighted by atomic mass is 10.1. The van der Waals surface area contributed by atoms with Crippen molar-refractivity contribution in [2.45, 2.75) is 53.4 Å². The zero-order chi connectivity index (χ0) is 22.0. The van der Waals surface area contributed by atoms with Crippen molar-refractivity contribution in [3.05, 3.63) is 34.9 Å². The molecule has 13 heteroatoms. The molecule has 0 aliphatic carbocycles. The minimum atomic E-state index is -5.85. The highest BCUT2D eigenvalue weighted by molar-refractivity contribution is 7.65. The van der Waals surface area contributed by atoms with E-state index in [1.807, 2.05) is 20.8 Å². The zero-order valence-corrected chi connectivity index (χ0v) is 18.9. The maximum absolute atomic E-state index is 11.4. The van der Waals surface area contributed by atoms with Crippen LogP contribution in [0.25, 0.3) is 0 Å². The third-order valence-electron chi connectivity index (χ3n) is 3.19. The fraction of sp³-hybridized carbons (Fsp3) is 0.600. The van der Waals surface area contributed by atoms with Gasteiger partial charge >= 0.3 is 0 Å². The average Bonchev–Trinajstić information content (AvgIpc) is 2.42. The van der Waals surface area contributed by atoms with Gasteiger partial charge in [-0.3, -0.25) is 13.7 Å². The molecule has 0 spiro atoms. The monoisotopic (exact) mass is 459 g/mol. The standard InChI is InChI=1S/C15H29O10P3/c1-13(2)7-5-8-14(3)9-6-10-15(4)11-12-23-27(19,20)25-28(21,22)24-26(16,17)18/h7,9,11H,5-6,8,10,12H2,1-4H3,(H,19,20)(H,21,22)(H2,16,17,18)/p-3/b14-9+,15-11+. The van der Waals surface area contributed by atoms with Crippen LogP contribution in [0.1, 0.15) is 53.4 Å². The van der Waals surface area contributed by atoms with Gasteiger partial charge in [-0.25, -0.2) is 8.62 Å². The van der Waals surface area contributed by atoms with E-state index in [9.17, 15) is 28.4 Å². The first-order chi connectivity index (χ1) is 12.6. The molecule has 0 heterocycles. The number of hydrogen-bond donors (Lipinski definition) is 1. The van der Waals surface area contributed by atoms with Crippen molar-refractivity contribution < 1.29 is 46.4 Å². The Morgan fingerprint density at radius 3 is 1.82 bits per heavy atom. The molecular weight excluding hydrogens is 433 g/mol. The van der Waals surface area contributed by atoms with E-state index in [-0.39, 0.29) is 0 Å². The lowest BCUT2D eigenvalue weighted by Crippen LogP contribution is -2.15. The maximum atomic E-state index is 11.4. The Morgan fingerprint density at radius 1 is 0.821 bits per heavy atom. The molecule has 0 aromatic heterocycles. The Morgan fingerprint density at radius 2 is 1.32 bits per heavy atom. The van der Waals surface area contributed by atoms with E-state index < -0.39 is 30.1 Å². The van der Waals surface area contributed by atoms with Crippen LogP contribution < -0.4 is 14.7 Å². The molecule has 164 valence electrons. The summed E-state index contributed by atoms with van der Waals surface area (Å²) >= 11 is 0. The molecular formula is C15H26O10P3-3. The molecule has 0 rings (SSSR count). The summed E-state index contributed by atoms with van der Waals surface area (Å²) in [5, 5.41) is 0. The van der Waals surface area contributed by atoms with Crippen LogP contribution >= 0.6 is 23.5 Å². The second-order valence-corrected chi connectivity index (χ2v) is 10.6. The normalized spacial score (nSPS) is 19.4. The van der Waals surface area contributed by atoms with Crippen LogP contribution in [0.5, 0.6) is 0 Å². The summed E-state index contributed by atoms with van der Waals surface area (Å²) in [4.78, 5) is 41.0. The zero-order valence-electron chi connectivity index (χ0n) is 16.2. The molecule has 0 aromatic rings. The molecule has 0 amide bonds. The second kappa shape index (κ2) is 12.4. The molecule has 1 N–H and O–H groups in total. The number of rotatable bonds is 13. The third-order valence-corrected chi connectivity index (χ3v) is 6.88. The predicted octanol–water partition coefficient (Wildman–Crippen LogP) is 2.85. The number of allylic oxidation sites excluding steroid dienone is 5. The minimum absolute atomic E-state index is 0.510. The third kappa shape index (κ3) is 16.6. The topological polar surface area (TPSA) is 168 Å². The first-order valence-corrected chi connectivity index (χ1v) is 12.7. The van der Waals surface area contributed by atoms with Gasteiger partial charge in [-0.05, 0) is 53.4 Å². The van der Waals surface area contributed by atoms with Crippen LogP contribution in [0.4, 0.5) is 0 Å². The van der Waals surface area contributed by atoms with Crippen LogP contribution in [-0.4, -0.2) is 11.5 Å². The summed E-state index contributed by atoms with van der Waals surface area (Å²) in [7, 11) is -17.0. The van der Waals surface area contributed by atoms with E-state index in [2.05, 4.69) is 25.3 Å². The van der Waals surface area contributed by atoms with Crippen molar-refractivity contribution in [1.29, 1.82) is 0 Å². The molecule has 0 fully saturated rings. The van der Waals surface area contributed by atoms with Gasteiger partial charge in [-0.1, -0.05) is 34.9 Å². The van der Waals surface area contributed by atoms with Gasteiger partial charge in [0.15, 0.2) is 0 Å². The van der Waals surface area contributed by atoms with Gasteiger partial charge in [-0.2, -0.15) is 0 Å². The van der Waals surface area contributed by atoms with Crippen LogP contribution in [-0.2, 0) is 26.8 Å². The molecule has 10 nitrogen and oxygen atoms in total. The van der Waals surface area contributed by atoms with Gasteiger partial charge in [0.25, 0.3) is 23.5 Å². The Kier molecular flexibility index (Phi) is 12.2. The summed E-state index contributed by atoms with van der Waals surface area (Å²) in [6.45, 7) is 7.34. The molecule has 0 aliphatic heterocycles. The fourth-order valence-electron chi connectivity index (χ4n) is 1.90. The summed E-state index contributed by atoms with van der Waals surface area (Å²) in [5.74, 6) is 0. The van der Waals surface area contributed by atoms with Gasteiger partial charge in [0, 0.05) is 0 Å². The smallest absolute Gasteiger partial charge is 0.280 e. The Bertz CT molecular complexity index is 730. The Balaban J connectivity index is 4.42. The van der Waals surface area contributed by atoms with Crippen molar-refractivity contribution in [2.24, 2.45) is 0 Å². The highest BCUT2D eigenvalue weighted by atomic mass is 31.3. The van der Waals surface area contributed by atoms with Crippen LogP contribution in [0, 0.1) is 0 Å². The summed E-state index contributed by atoms with van der Waals surface area (Å²) in [5.41, 5.74) is 3.31. The van der Waals surface area contributed by atoms with E-state index in [4.69, 9.17) is 4.89 Å². The summed E-state index contributed by atoms with van der Waals surface area (Å²) in [6, 6.07) is 0. The van der Waals surface area contributed by atoms with E-state index in [1.54, 1.807) is 6.92 Å². The first-order valence-electron chi connectivity index (χ1n) is 8.29. The molecule has 0 aromatic carbocycles. The van der Waals surface area contributed by atoms with Crippen LogP contribution in [0.15, 0.2) is 34.9 Å². The number of hydrogen-bond acceptors (Lipinski definition) is 9. The minimum Gasteiger partial charge on any atom is -0.756 e. The van der Waals surface area contributed by atoms with E-state index in [0.29, 0.717) is 6.42 Å². The molecule has 0 aliphatic rings. The summed E-state index contributed by atoms with van der Waals surface area (Å²) in [6.07, 6.45) is 8.97. The lowest BCUT2D eigenvalue weighted by molar-refractivity contribution is -0.248. The molecule has 3 unspecified atom stereocenters. The van der Waals surface area contributed by atoms with Crippen molar-refractivity contribution in [2.75, 3.05) is 6.61 Å². The SMILES string of the molecule is CC(C)=CCC/C(C)=C/CC/C(C)=C/COP(=O)([O-])OP(=O)([O-])OP(=O)([O-])O. The molecule has 0 saturated carbocycles. The van der Waals surface area contributed by atoms with Crippen LogP contribution in [0.2, 0.25) is 0 Å². The van der Waals surface area contributed by atoms with Gasteiger partial charge in [-0.15, -0.1) is 0 Å². The fourth-order valence-corrected chi connectivity index (χ4v) is 4.72. The van der Waals surface area contributed by atoms with Crippen molar-refractivity contribution >= 4 is 23.5 Å². The van der Waals surface area contributed by atoms with Crippen molar-refractivity contribution in [1.82, 2.24) is 0 Å². The van der Waals surface area contributed by atoms with Gasteiger partial charge in [0.2, 0.25) is 0 Å². The number of phosphoric ester groups is 1. The highest BCUT2D eigenvalue weighted by Gasteiger charge is 2.23. The molecule has 28 heavy (non-hydrogen) atoms. The molecule has 3 atom stereocenters. The summed E-state index contributed by atoms with van der Waals surface area (Å²) < 4.78 is 43.8. The highest BCUT2D eigenvalue weighted by Crippen LogP contribution is 2.61. The van der Waals surface area contributed by atoms with E-state index >= 15 is 0 Å². The quantitative estimate of drug-likeness (QED) is 0.319. The van der Waals surface area contributed by atoms with Gasteiger partial charge in [0.1, 0.15) is 0 Å². The number of phosphoric acid groups is 3. The lowest BCUT2D eigenvalue weighted by Gasteiger charge is -2.32. The Hall–Kier alpha value is -0.370. The van der Waals surface area contributed by atoms with Gasteiger partial charge in [0.05, 0.1) is 6.61 Å². The van der Waals surface area contributed by atoms with E-state index in [1.165, 1.54) is 17.2 Å². The first kappa shape index (κ1) is 27.6.